The first-order chi connectivity index (χ1) is 7.09. The molecule has 0 heterocycles. The number of carbonyl (C=O) groups excluding carboxylic acids is 1. The van der Waals surface area contributed by atoms with E-state index in [0.29, 0.717) is 0 Å². The normalized spacial score (nSPS) is 17.0. The van der Waals surface area contributed by atoms with E-state index in [1.54, 1.807) is 6.20 Å². The number of allylic oxidation sites excluding steroid dienone is 1. The molecule has 3 N–H and O–H groups in total. The summed E-state index contributed by atoms with van der Waals surface area (Å²) in [7, 11) is 0. The summed E-state index contributed by atoms with van der Waals surface area (Å²) in [6.45, 7) is 1.42. The van der Waals surface area contributed by atoms with E-state index in [0.717, 1.165) is 12.8 Å². The van der Waals surface area contributed by atoms with Crippen LogP contribution in [0.3, 0.4) is 0 Å². The van der Waals surface area contributed by atoms with Gasteiger partial charge in [-0.1, -0.05) is 5.57 Å². The fourth-order valence-electron chi connectivity index (χ4n) is 1.44. The Kier molecular flexibility index (Phi) is 4.15. The first kappa shape index (κ1) is 11.6. The minimum Gasteiger partial charge on any atom is -0.480 e. The minimum absolute atomic E-state index is 0.468. The first-order valence-corrected chi connectivity index (χ1v) is 5.07. The largest absolute Gasteiger partial charge is 0.480 e. The van der Waals surface area contributed by atoms with Crippen molar-refractivity contribution in [1.29, 1.82) is 0 Å². The van der Waals surface area contributed by atoms with Gasteiger partial charge in [-0.25, -0.2) is 4.79 Å². The lowest BCUT2D eigenvalue weighted by Crippen LogP contribution is -2.42. The van der Waals surface area contributed by atoms with Gasteiger partial charge in [-0.05, 0) is 32.6 Å². The molecule has 0 aliphatic heterocycles. The van der Waals surface area contributed by atoms with Crippen molar-refractivity contribution >= 4 is 12.0 Å². The second-order valence-corrected chi connectivity index (χ2v) is 3.69. The molecule has 5 nitrogen and oxygen atoms in total. The maximum absolute atomic E-state index is 11.2. The van der Waals surface area contributed by atoms with E-state index in [9.17, 15) is 9.59 Å². The highest BCUT2D eigenvalue weighted by Gasteiger charge is 2.13. The van der Waals surface area contributed by atoms with Crippen LogP contribution in [0.2, 0.25) is 0 Å². The number of hydrogen-bond acceptors (Lipinski definition) is 2. The Hall–Kier alpha value is -1.52. The van der Waals surface area contributed by atoms with E-state index in [2.05, 4.69) is 10.6 Å². The van der Waals surface area contributed by atoms with E-state index in [-0.39, 0.29) is 0 Å². The highest BCUT2D eigenvalue weighted by molar-refractivity contribution is 5.82. The van der Waals surface area contributed by atoms with Gasteiger partial charge in [0.05, 0.1) is 0 Å². The number of carbonyl (C=O) groups is 2. The summed E-state index contributed by atoms with van der Waals surface area (Å²) in [5.41, 5.74) is 1.22. The maximum Gasteiger partial charge on any atom is 0.325 e. The van der Waals surface area contributed by atoms with Crippen LogP contribution in [-0.2, 0) is 4.79 Å². The molecular formula is C10H16N2O3. The van der Waals surface area contributed by atoms with Crippen molar-refractivity contribution < 1.29 is 14.7 Å². The summed E-state index contributed by atoms with van der Waals surface area (Å²) in [5.74, 6) is -1.04. The summed E-state index contributed by atoms with van der Waals surface area (Å²) in [5, 5.41) is 13.4. The summed E-state index contributed by atoms with van der Waals surface area (Å²) >= 11 is 0. The van der Waals surface area contributed by atoms with E-state index in [4.69, 9.17) is 5.11 Å². The molecule has 1 saturated carbocycles. The topological polar surface area (TPSA) is 78.4 Å². The first-order valence-electron chi connectivity index (χ1n) is 5.07. The lowest BCUT2D eigenvalue weighted by molar-refractivity contribution is -0.138. The lowest BCUT2D eigenvalue weighted by Gasteiger charge is -2.08. The highest BCUT2D eigenvalue weighted by atomic mass is 16.4. The number of urea groups is 1. The van der Waals surface area contributed by atoms with Crippen LogP contribution in [0.5, 0.6) is 0 Å². The van der Waals surface area contributed by atoms with Crippen molar-refractivity contribution in [3.63, 3.8) is 0 Å². The van der Waals surface area contributed by atoms with Gasteiger partial charge in [-0.2, -0.15) is 0 Å². The molecule has 1 rings (SSSR count). The second-order valence-electron chi connectivity index (χ2n) is 3.69. The molecule has 0 bridgehead atoms. The second kappa shape index (κ2) is 5.38. The molecule has 0 aromatic rings. The zero-order valence-corrected chi connectivity index (χ0v) is 8.75. The molecule has 0 spiro atoms. The number of aliphatic carboxylic acids is 1. The third-order valence-corrected chi connectivity index (χ3v) is 2.37. The molecule has 0 saturated heterocycles. The molecule has 1 aliphatic rings. The fraction of sp³-hybridized carbons (Fsp3) is 0.600. The van der Waals surface area contributed by atoms with Crippen LogP contribution >= 0.6 is 0 Å². The van der Waals surface area contributed by atoms with Crippen LogP contribution in [0.15, 0.2) is 11.8 Å². The third kappa shape index (κ3) is 4.01. The summed E-state index contributed by atoms with van der Waals surface area (Å²) < 4.78 is 0. The van der Waals surface area contributed by atoms with Gasteiger partial charge < -0.3 is 15.7 Å². The average molecular weight is 212 g/mol. The van der Waals surface area contributed by atoms with E-state index in [1.807, 2.05) is 0 Å². The van der Waals surface area contributed by atoms with Gasteiger partial charge >= 0.3 is 12.0 Å². The molecular weight excluding hydrogens is 196 g/mol. The van der Waals surface area contributed by atoms with Crippen molar-refractivity contribution in [2.24, 2.45) is 0 Å². The fourth-order valence-corrected chi connectivity index (χ4v) is 1.44. The van der Waals surface area contributed by atoms with Crippen molar-refractivity contribution in [1.82, 2.24) is 10.6 Å². The van der Waals surface area contributed by atoms with Gasteiger partial charge in [0.25, 0.3) is 0 Å². The summed E-state index contributed by atoms with van der Waals surface area (Å²) in [6.07, 6.45) is 6.06. The smallest absolute Gasteiger partial charge is 0.325 e. The molecule has 1 unspecified atom stereocenters. The van der Waals surface area contributed by atoms with Crippen molar-refractivity contribution in [2.45, 2.75) is 38.6 Å². The molecule has 15 heavy (non-hydrogen) atoms. The van der Waals surface area contributed by atoms with Crippen molar-refractivity contribution in [2.75, 3.05) is 0 Å². The number of carboxylic acids is 1. The number of rotatable bonds is 3. The van der Waals surface area contributed by atoms with E-state index < -0.39 is 18.0 Å². The number of amides is 2. The van der Waals surface area contributed by atoms with Crippen molar-refractivity contribution in [3.8, 4) is 0 Å². The summed E-state index contributed by atoms with van der Waals surface area (Å²) in [4.78, 5) is 21.6. The van der Waals surface area contributed by atoms with Gasteiger partial charge in [0.1, 0.15) is 6.04 Å². The molecule has 2 amide bonds. The van der Waals surface area contributed by atoms with Crippen LogP contribution in [0.25, 0.3) is 0 Å². The van der Waals surface area contributed by atoms with Crippen LogP contribution < -0.4 is 10.6 Å². The van der Waals surface area contributed by atoms with Gasteiger partial charge in [-0.3, -0.25) is 4.79 Å². The molecule has 1 atom stereocenters. The molecule has 1 aliphatic carbocycles. The Morgan fingerprint density at radius 1 is 1.40 bits per heavy atom. The minimum atomic E-state index is -1.04. The van der Waals surface area contributed by atoms with Gasteiger partial charge in [-0.15, -0.1) is 0 Å². The highest BCUT2D eigenvalue weighted by Crippen LogP contribution is 2.22. The van der Waals surface area contributed by atoms with Gasteiger partial charge in [0, 0.05) is 6.20 Å². The quantitative estimate of drug-likeness (QED) is 0.658. The zero-order chi connectivity index (χ0) is 11.3. The van der Waals surface area contributed by atoms with Crippen LogP contribution in [-0.4, -0.2) is 23.1 Å². The number of hydrogen-bond donors (Lipinski definition) is 3. The van der Waals surface area contributed by atoms with Crippen LogP contribution in [0.1, 0.15) is 32.6 Å². The molecule has 0 aromatic heterocycles. The van der Waals surface area contributed by atoms with Gasteiger partial charge in [0.15, 0.2) is 0 Å². The molecule has 84 valence electrons. The molecule has 1 fully saturated rings. The SMILES string of the molecule is CC(NC(=O)NC=C1CCCC1)C(=O)O. The average Bonchev–Trinajstić information content (AvgIpc) is 2.66. The Morgan fingerprint density at radius 2 is 2.00 bits per heavy atom. The lowest BCUT2D eigenvalue weighted by atomic mass is 10.2. The Morgan fingerprint density at radius 3 is 2.53 bits per heavy atom. The van der Waals surface area contributed by atoms with E-state index >= 15 is 0 Å². The summed E-state index contributed by atoms with van der Waals surface area (Å²) in [6, 6.07) is -1.34. The third-order valence-electron chi connectivity index (χ3n) is 2.37. The predicted molar refractivity (Wildman–Crippen MR) is 55.3 cm³/mol. The Balaban J connectivity index is 2.29. The monoisotopic (exact) mass is 212 g/mol. The molecule has 5 heteroatoms. The Bertz CT molecular complexity index is 278. The molecule has 0 radical (unpaired) electrons. The maximum atomic E-state index is 11.2. The van der Waals surface area contributed by atoms with E-state index in [1.165, 1.54) is 25.3 Å². The zero-order valence-electron chi connectivity index (χ0n) is 8.75. The number of nitrogens with one attached hydrogen (secondary N) is 2. The van der Waals surface area contributed by atoms with Crippen LogP contribution in [0, 0.1) is 0 Å². The van der Waals surface area contributed by atoms with Crippen molar-refractivity contribution in [3.05, 3.63) is 11.8 Å². The standard InChI is InChI=1S/C10H16N2O3/c1-7(9(13)14)12-10(15)11-6-8-4-2-3-5-8/h6-7H,2-5H2,1H3,(H,13,14)(H2,11,12,15). The predicted octanol–water partition coefficient (Wildman–Crippen LogP) is 1.22. The van der Waals surface area contributed by atoms with Gasteiger partial charge in [0.2, 0.25) is 0 Å². The molecule has 0 aromatic carbocycles. The van der Waals surface area contributed by atoms with Crippen LogP contribution in [0.4, 0.5) is 4.79 Å². The Labute approximate surface area is 88.5 Å². The number of carboxylic acid groups (broad SMARTS) is 1.